The number of benzene rings is 1. The average molecular weight is 314 g/mol. The van der Waals surface area contributed by atoms with Crippen LogP contribution in [0.3, 0.4) is 0 Å². The number of carbonyl (C=O) groups is 2. The second-order valence-corrected chi connectivity index (χ2v) is 6.17. The van der Waals surface area contributed by atoms with Crippen LogP contribution in [-0.4, -0.2) is 27.5 Å². The van der Waals surface area contributed by atoms with Crippen molar-refractivity contribution in [3.05, 3.63) is 28.2 Å². The van der Waals surface area contributed by atoms with E-state index in [1.807, 2.05) is 12.1 Å². The fourth-order valence-electron chi connectivity index (χ4n) is 3.69. The van der Waals surface area contributed by atoms with E-state index in [-0.39, 0.29) is 18.0 Å². The number of anilines is 1. The number of nitrogens with zero attached hydrogens (tertiary/aromatic N) is 2. The van der Waals surface area contributed by atoms with Gasteiger partial charge in [0.1, 0.15) is 6.04 Å². The maximum absolute atomic E-state index is 12.7. The van der Waals surface area contributed by atoms with E-state index in [0.717, 1.165) is 41.7 Å². The van der Waals surface area contributed by atoms with Gasteiger partial charge in [0, 0.05) is 31.3 Å². The van der Waals surface area contributed by atoms with Gasteiger partial charge >= 0.3 is 5.69 Å². The minimum Gasteiger partial charge on any atom is -0.385 e. The molecule has 7 nitrogen and oxygen atoms in total. The lowest BCUT2D eigenvalue weighted by Gasteiger charge is -2.22. The lowest BCUT2D eigenvalue weighted by Crippen LogP contribution is -2.44. The maximum Gasteiger partial charge on any atom is 0.329 e. The summed E-state index contributed by atoms with van der Waals surface area (Å²) in [6.07, 6.45) is 2.54. The summed E-state index contributed by atoms with van der Waals surface area (Å²) in [5.74, 6) is -0.673. The number of amides is 2. The fourth-order valence-corrected chi connectivity index (χ4v) is 3.69. The summed E-state index contributed by atoms with van der Waals surface area (Å²) in [7, 11) is 1.74. The molecular formula is C16H18N4O3. The Hall–Kier alpha value is -2.57. The minimum absolute atomic E-state index is 0.214. The van der Waals surface area contributed by atoms with E-state index in [0.29, 0.717) is 6.42 Å². The van der Waals surface area contributed by atoms with E-state index in [9.17, 15) is 14.4 Å². The highest BCUT2D eigenvalue weighted by atomic mass is 16.2. The monoisotopic (exact) mass is 314 g/mol. The molecule has 23 heavy (non-hydrogen) atoms. The molecule has 1 atom stereocenters. The first-order valence-electron chi connectivity index (χ1n) is 7.88. The summed E-state index contributed by atoms with van der Waals surface area (Å²) in [6, 6.07) is 3.23. The van der Waals surface area contributed by atoms with E-state index >= 15 is 0 Å². The lowest BCUT2D eigenvalue weighted by molar-refractivity contribution is -0.135. The number of nitrogens with one attached hydrogen (secondary N) is 2. The van der Waals surface area contributed by atoms with Gasteiger partial charge in [0.05, 0.1) is 11.0 Å². The van der Waals surface area contributed by atoms with E-state index in [2.05, 4.69) is 10.6 Å². The third-order valence-corrected chi connectivity index (χ3v) is 4.79. The van der Waals surface area contributed by atoms with Crippen molar-refractivity contribution in [1.29, 1.82) is 0 Å². The number of fused-ring (bicyclic) bond motifs is 3. The molecule has 1 aromatic heterocycles. The van der Waals surface area contributed by atoms with E-state index in [1.165, 1.54) is 4.57 Å². The SMILES string of the molecule is Cn1c(=O)n(C2CCC(=O)NC2=O)c2ccc3c(c21)CCCN3. The minimum atomic E-state index is -0.626. The number of aryl methyl sites for hydroxylation is 2. The van der Waals surface area contributed by atoms with Crippen molar-refractivity contribution in [3.63, 3.8) is 0 Å². The number of hydrogen-bond acceptors (Lipinski definition) is 4. The molecule has 1 aromatic carbocycles. The Morgan fingerprint density at radius 3 is 2.78 bits per heavy atom. The Morgan fingerprint density at radius 1 is 1.17 bits per heavy atom. The molecule has 4 rings (SSSR count). The van der Waals surface area contributed by atoms with Gasteiger partial charge in [-0.3, -0.25) is 24.0 Å². The molecule has 7 heteroatoms. The Labute approximate surface area is 132 Å². The number of rotatable bonds is 1. The summed E-state index contributed by atoms with van der Waals surface area (Å²) in [6.45, 7) is 0.931. The number of imide groups is 1. The van der Waals surface area contributed by atoms with Crippen LogP contribution in [0.1, 0.15) is 30.9 Å². The van der Waals surface area contributed by atoms with Crippen molar-refractivity contribution in [2.45, 2.75) is 31.7 Å². The van der Waals surface area contributed by atoms with Crippen LogP contribution in [0.25, 0.3) is 11.0 Å². The molecule has 2 aliphatic rings. The molecule has 1 saturated heterocycles. The largest absolute Gasteiger partial charge is 0.385 e. The van der Waals surface area contributed by atoms with Crippen LogP contribution in [0.4, 0.5) is 5.69 Å². The molecule has 2 N–H and O–H groups in total. The zero-order valence-electron chi connectivity index (χ0n) is 12.9. The molecule has 0 radical (unpaired) electrons. The number of hydrogen-bond donors (Lipinski definition) is 2. The quantitative estimate of drug-likeness (QED) is 0.758. The maximum atomic E-state index is 12.7. The van der Waals surface area contributed by atoms with Crippen molar-refractivity contribution in [3.8, 4) is 0 Å². The fraction of sp³-hybridized carbons (Fsp3) is 0.438. The number of carbonyl (C=O) groups excluding carboxylic acids is 2. The van der Waals surface area contributed by atoms with Gasteiger partial charge in [0.15, 0.2) is 0 Å². The summed E-state index contributed by atoms with van der Waals surface area (Å²) in [5, 5.41) is 5.69. The normalized spacial score (nSPS) is 21.0. The number of imidazole rings is 1. The van der Waals surface area contributed by atoms with Crippen LogP contribution in [-0.2, 0) is 23.1 Å². The van der Waals surface area contributed by atoms with Crippen molar-refractivity contribution < 1.29 is 9.59 Å². The van der Waals surface area contributed by atoms with Gasteiger partial charge in [0.25, 0.3) is 0 Å². The molecule has 3 heterocycles. The summed E-state index contributed by atoms with van der Waals surface area (Å²) >= 11 is 0. The van der Waals surface area contributed by atoms with Gasteiger partial charge in [0.2, 0.25) is 11.8 Å². The molecule has 2 aliphatic heterocycles. The molecular weight excluding hydrogens is 296 g/mol. The highest BCUT2D eigenvalue weighted by molar-refractivity contribution is 6.00. The second-order valence-electron chi connectivity index (χ2n) is 6.17. The zero-order valence-corrected chi connectivity index (χ0v) is 12.9. The Morgan fingerprint density at radius 2 is 2.00 bits per heavy atom. The van der Waals surface area contributed by atoms with Gasteiger partial charge < -0.3 is 5.32 Å². The first kappa shape index (κ1) is 14.0. The summed E-state index contributed by atoms with van der Waals surface area (Å²) in [5.41, 5.74) is 3.60. The summed E-state index contributed by atoms with van der Waals surface area (Å²) in [4.78, 5) is 36.3. The van der Waals surface area contributed by atoms with Crippen LogP contribution >= 0.6 is 0 Å². The van der Waals surface area contributed by atoms with Gasteiger partial charge in [-0.2, -0.15) is 0 Å². The van der Waals surface area contributed by atoms with Gasteiger partial charge in [-0.15, -0.1) is 0 Å². The van der Waals surface area contributed by atoms with Gasteiger partial charge in [-0.25, -0.2) is 4.79 Å². The second kappa shape index (κ2) is 4.97. The highest BCUT2D eigenvalue weighted by Crippen LogP contribution is 2.31. The zero-order chi connectivity index (χ0) is 16.1. The molecule has 1 unspecified atom stereocenters. The topological polar surface area (TPSA) is 85.1 Å². The van der Waals surface area contributed by atoms with Crippen molar-refractivity contribution in [2.24, 2.45) is 7.05 Å². The van der Waals surface area contributed by atoms with Crippen molar-refractivity contribution >= 4 is 28.5 Å². The number of aromatic nitrogens is 2. The molecule has 0 bridgehead atoms. The van der Waals surface area contributed by atoms with Crippen LogP contribution in [0.5, 0.6) is 0 Å². The first-order chi connectivity index (χ1) is 11.1. The van der Waals surface area contributed by atoms with Crippen molar-refractivity contribution in [1.82, 2.24) is 14.5 Å². The standard InChI is InChI=1S/C16H18N4O3/c1-19-14-9-3-2-8-17-10(9)4-5-11(14)20(16(19)23)12-6-7-13(21)18-15(12)22/h4-5,12,17H,2-3,6-8H2,1H3,(H,18,21,22). The molecule has 1 fully saturated rings. The van der Waals surface area contributed by atoms with E-state index in [4.69, 9.17) is 0 Å². The van der Waals surface area contributed by atoms with Gasteiger partial charge in [-0.05, 0) is 31.4 Å². The Kier molecular flexibility index (Phi) is 3.04. The molecule has 0 saturated carbocycles. The molecule has 0 aliphatic carbocycles. The van der Waals surface area contributed by atoms with Crippen LogP contribution < -0.4 is 16.3 Å². The van der Waals surface area contributed by atoms with E-state index < -0.39 is 11.9 Å². The lowest BCUT2D eigenvalue weighted by atomic mass is 10.0. The predicted molar refractivity (Wildman–Crippen MR) is 85.4 cm³/mol. The average Bonchev–Trinajstić information content (AvgIpc) is 2.80. The molecule has 2 amide bonds. The van der Waals surface area contributed by atoms with Crippen molar-refractivity contribution in [2.75, 3.05) is 11.9 Å². The van der Waals surface area contributed by atoms with Crippen LogP contribution in [0.15, 0.2) is 16.9 Å². The molecule has 120 valence electrons. The molecule has 0 spiro atoms. The van der Waals surface area contributed by atoms with Gasteiger partial charge in [-0.1, -0.05) is 0 Å². The van der Waals surface area contributed by atoms with Crippen LogP contribution in [0, 0.1) is 0 Å². The van der Waals surface area contributed by atoms with E-state index in [1.54, 1.807) is 11.6 Å². The summed E-state index contributed by atoms with van der Waals surface area (Å²) < 4.78 is 3.15. The Balaban J connectivity index is 1.94. The highest BCUT2D eigenvalue weighted by Gasteiger charge is 2.32. The first-order valence-corrected chi connectivity index (χ1v) is 7.88. The Bertz CT molecular complexity index is 893. The van der Waals surface area contributed by atoms with Crippen LogP contribution in [0.2, 0.25) is 0 Å². The smallest absolute Gasteiger partial charge is 0.329 e. The number of piperidine rings is 1. The molecule has 2 aromatic rings. The third-order valence-electron chi connectivity index (χ3n) is 4.79. The third kappa shape index (κ3) is 1.99. The predicted octanol–water partition coefficient (Wildman–Crippen LogP) is 0.676.